The Hall–Kier alpha value is -2.32. The third-order valence-corrected chi connectivity index (χ3v) is 10.4. The highest BCUT2D eigenvalue weighted by Gasteiger charge is 2.37. The van der Waals surface area contributed by atoms with Crippen molar-refractivity contribution in [2.75, 3.05) is 0 Å². The van der Waals surface area contributed by atoms with Crippen molar-refractivity contribution in [1.29, 1.82) is 0 Å². The van der Waals surface area contributed by atoms with Gasteiger partial charge in [0.25, 0.3) is 0 Å². The average Bonchev–Trinajstić information content (AvgIpc) is 2.99. The zero-order valence-electron chi connectivity index (χ0n) is 17.9. The van der Waals surface area contributed by atoms with Crippen molar-refractivity contribution in [3.63, 3.8) is 0 Å². The largest absolute Gasteiger partial charge is 0.309 e. The fourth-order valence-corrected chi connectivity index (χ4v) is 8.15. The summed E-state index contributed by atoms with van der Waals surface area (Å²) in [6.07, 6.45) is 1.19. The molecule has 1 aliphatic rings. The van der Waals surface area contributed by atoms with Gasteiger partial charge in [-0.1, -0.05) is 62.3 Å². The zero-order valence-corrected chi connectivity index (χ0v) is 18.9. The van der Waals surface area contributed by atoms with Crippen molar-refractivity contribution in [2.45, 2.75) is 53.1 Å². The molecule has 3 aromatic carbocycles. The van der Waals surface area contributed by atoms with E-state index >= 15 is 0 Å². The summed E-state index contributed by atoms with van der Waals surface area (Å²) in [5.74, 6) is 0.609. The van der Waals surface area contributed by atoms with Crippen LogP contribution in [0.2, 0.25) is 13.1 Å². The number of rotatable bonds is 2. The third-order valence-electron chi connectivity index (χ3n) is 6.95. The molecule has 0 spiro atoms. The van der Waals surface area contributed by atoms with E-state index in [1.807, 2.05) is 0 Å². The van der Waals surface area contributed by atoms with E-state index in [0.717, 1.165) is 0 Å². The van der Waals surface area contributed by atoms with Crippen LogP contribution in [0.1, 0.15) is 42.9 Å². The molecule has 1 unspecified atom stereocenters. The van der Waals surface area contributed by atoms with Crippen molar-refractivity contribution in [3.8, 4) is 5.69 Å². The van der Waals surface area contributed by atoms with Crippen LogP contribution in [0.3, 0.4) is 0 Å². The molecule has 0 aliphatic carbocycles. The van der Waals surface area contributed by atoms with E-state index < -0.39 is 8.07 Å². The minimum absolute atomic E-state index is 0.609. The van der Waals surface area contributed by atoms with E-state index in [-0.39, 0.29) is 0 Å². The molecule has 2 heterocycles. The number of aromatic nitrogens is 1. The van der Waals surface area contributed by atoms with E-state index in [1.165, 1.54) is 50.6 Å². The summed E-state index contributed by atoms with van der Waals surface area (Å²) in [7, 11) is -1.78. The van der Waals surface area contributed by atoms with Crippen LogP contribution in [-0.2, 0) is 0 Å². The Kier molecular flexibility index (Phi) is 3.70. The van der Waals surface area contributed by atoms with Crippen LogP contribution in [0.15, 0.2) is 48.5 Å². The predicted octanol–water partition coefficient (Wildman–Crippen LogP) is 6.05. The van der Waals surface area contributed by atoms with Gasteiger partial charge in [0.2, 0.25) is 0 Å². The minimum Gasteiger partial charge on any atom is -0.309 e. The Morgan fingerprint density at radius 3 is 2.36 bits per heavy atom. The number of benzene rings is 3. The summed E-state index contributed by atoms with van der Waals surface area (Å²) in [5.41, 5.74) is 8.40. The normalized spacial score (nSPS) is 15.8. The standard InChI is InChI=1S/C26H29NSi/c1-7-18(4)19-9-11-23-24(15-19)28(5,6)25-14-17(3)13-21-20-12-16(2)8-10-22(20)27(23)26(21)25/h8-15,18H,7H2,1-6H3. The molecule has 0 saturated carbocycles. The molecule has 1 aliphatic heterocycles. The highest BCUT2D eigenvalue weighted by Crippen LogP contribution is 2.36. The molecule has 0 N–H and O–H groups in total. The molecule has 1 nitrogen and oxygen atoms in total. The van der Waals surface area contributed by atoms with Gasteiger partial charge in [0.15, 0.2) is 0 Å². The van der Waals surface area contributed by atoms with Gasteiger partial charge in [-0.3, -0.25) is 0 Å². The molecule has 0 amide bonds. The molecule has 0 saturated heterocycles. The van der Waals surface area contributed by atoms with Crippen LogP contribution in [0.5, 0.6) is 0 Å². The topological polar surface area (TPSA) is 4.93 Å². The van der Waals surface area contributed by atoms with Gasteiger partial charge in [-0.25, -0.2) is 0 Å². The van der Waals surface area contributed by atoms with Crippen molar-refractivity contribution < 1.29 is 0 Å². The molecule has 142 valence electrons. The first-order valence-corrected chi connectivity index (χ1v) is 13.5. The lowest BCUT2D eigenvalue weighted by molar-refractivity contribution is 0.734. The van der Waals surface area contributed by atoms with Gasteiger partial charge >= 0.3 is 0 Å². The van der Waals surface area contributed by atoms with E-state index in [1.54, 1.807) is 10.4 Å². The summed E-state index contributed by atoms with van der Waals surface area (Å²) in [5, 5.41) is 5.99. The fraction of sp³-hybridized carbons (Fsp3) is 0.308. The summed E-state index contributed by atoms with van der Waals surface area (Å²) in [6.45, 7) is 14.2. The first kappa shape index (κ1) is 17.8. The average molecular weight is 384 g/mol. The predicted molar refractivity (Wildman–Crippen MR) is 126 cm³/mol. The first-order chi connectivity index (χ1) is 13.3. The van der Waals surface area contributed by atoms with Gasteiger partial charge in [0.05, 0.1) is 11.0 Å². The van der Waals surface area contributed by atoms with Crippen LogP contribution < -0.4 is 10.4 Å². The number of aryl methyl sites for hydroxylation is 2. The molecule has 1 aromatic heterocycles. The van der Waals surface area contributed by atoms with Crippen LogP contribution in [-0.4, -0.2) is 12.6 Å². The van der Waals surface area contributed by atoms with Crippen molar-refractivity contribution >= 4 is 40.3 Å². The number of hydrogen-bond donors (Lipinski definition) is 0. The molecule has 28 heavy (non-hydrogen) atoms. The summed E-state index contributed by atoms with van der Waals surface area (Å²) in [4.78, 5) is 0. The van der Waals surface area contributed by atoms with E-state index in [2.05, 4.69) is 93.9 Å². The van der Waals surface area contributed by atoms with E-state index in [4.69, 9.17) is 0 Å². The molecule has 0 radical (unpaired) electrons. The quantitative estimate of drug-likeness (QED) is 0.371. The van der Waals surface area contributed by atoms with Crippen molar-refractivity contribution in [1.82, 2.24) is 4.57 Å². The highest BCUT2D eigenvalue weighted by atomic mass is 28.3. The lowest BCUT2D eigenvalue weighted by atomic mass is 9.98. The Morgan fingerprint density at radius 1 is 0.857 bits per heavy atom. The molecule has 4 aromatic rings. The smallest absolute Gasteiger partial charge is 0.117 e. The fourth-order valence-electron chi connectivity index (χ4n) is 5.07. The van der Waals surface area contributed by atoms with Gasteiger partial charge in [0, 0.05) is 16.5 Å². The van der Waals surface area contributed by atoms with E-state index in [0.29, 0.717) is 5.92 Å². The van der Waals surface area contributed by atoms with Crippen LogP contribution >= 0.6 is 0 Å². The third kappa shape index (κ3) is 2.24. The summed E-state index contributed by atoms with van der Waals surface area (Å²) in [6, 6.07) is 19.1. The molecule has 0 bridgehead atoms. The monoisotopic (exact) mass is 383 g/mol. The Morgan fingerprint density at radius 2 is 1.61 bits per heavy atom. The zero-order chi connectivity index (χ0) is 19.8. The lowest BCUT2D eigenvalue weighted by Crippen LogP contribution is -2.57. The second-order valence-electron chi connectivity index (χ2n) is 9.28. The number of fused-ring (bicyclic) bond motifs is 5. The van der Waals surface area contributed by atoms with Crippen molar-refractivity contribution in [2.24, 2.45) is 0 Å². The number of nitrogens with zero attached hydrogens (tertiary/aromatic N) is 1. The molecule has 5 rings (SSSR count). The highest BCUT2D eigenvalue weighted by molar-refractivity contribution is 7.02. The molecule has 2 heteroatoms. The summed E-state index contributed by atoms with van der Waals surface area (Å²) >= 11 is 0. The van der Waals surface area contributed by atoms with Gasteiger partial charge < -0.3 is 4.57 Å². The molecular formula is C26H29NSi. The molecular weight excluding hydrogens is 354 g/mol. The molecule has 0 fully saturated rings. The summed E-state index contributed by atoms with van der Waals surface area (Å²) < 4.78 is 2.55. The van der Waals surface area contributed by atoms with Crippen LogP contribution in [0.4, 0.5) is 0 Å². The second kappa shape index (κ2) is 5.84. The Labute approximate surface area is 169 Å². The van der Waals surface area contributed by atoms with Gasteiger partial charge in [-0.15, -0.1) is 0 Å². The van der Waals surface area contributed by atoms with Gasteiger partial charge in [0.1, 0.15) is 8.07 Å². The van der Waals surface area contributed by atoms with Crippen molar-refractivity contribution in [3.05, 3.63) is 65.2 Å². The van der Waals surface area contributed by atoms with Crippen LogP contribution in [0, 0.1) is 13.8 Å². The van der Waals surface area contributed by atoms with Crippen LogP contribution in [0.25, 0.3) is 27.5 Å². The minimum atomic E-state index is -1.78. The maximum atomic E-state index is 2.55. The van der Waals surface area contributed by atoms with Gasteiger partial charge in [-0.05, 0) is 66.4 Å². The SMILES string of the molecule is CCC(C)c1ccc2c(c1)[Si](C)(C)c1cc(C)cc3c4cc(C)ccc4n-2c13. The maximum Gasteiger partial charge on any atom is 0.117 e. The Balaban J connectivity index is 1.98. The lowest BCUT2D eigenvalue weighted by Gasteiger charge is -2.34. The second-order valence-corrected chi connectivity index (χ2v) is 13.6. The maximum absolute atomic E-state index is 2.55. The van der Waals surface area contributed by atoms with E-state index in [9.17, 15) is 0 Å². The number of hydrogen-bond acceptors (Lipinski definition) is 0. The Bertz CT molecular complexity index is 1260. The molecule has 1 atom stereocenters. The van der Waals surface area contributed by atoms with Gasteiger partial charge in [-0.2, -0.15) is 0 Å². The first-order valence-electron chi connectivity index (χ1n) is 10.5.